The molecule has 0 aliphatic heterocycles. The fraction of sp³-hybridized carbons (Fsp3) is 0.458. The number of nitrogens with one attached hydrogen (secondary N) is 1. The van der Waals surface area contributed by atoms with Crippen molar-refractivity contribution in [2.75, 3.05) is 0 Å². The fourth-order valence-electron chi connectivity index (χ4n) is 2.99. The minimum Gasteiger partial charge on any atom is -0.480 e. The highest BCUT2D eigenvalue weighted by atomic mass is 16.5. The quantitative estimate of drug-likeness (QED) is 0.718. The number of carbonyl (C=O) groups is 1. The van der Waals surface area contributed by atoms with E-state index in [1.807, 2.05) is 45.9 Å². The monoisotopic (exact) mass is 367 g/mol. The lowest BCUT2D eigenvalue weighted by Crippen LogP contribution is -2.39. The van der Waals surface area contributed by atoms with Gasteiger partial charge in [-0.25, -0.2) is 0 Å². The Bertz CT molecular complexity index is 772. The third-order valence-corrected chi connectivity index (χ3v) is 5.12. The molecule has 146 valence electrons. The van der Waals surface area contributed by atoms with E-state index >= 15 is 0 Å². The molecular formula is C24H33NO2. The van der Waals surface area contributed by atoms with Crippen LogP contribution in [0.15, 0.2) is 42.5 Å². The van der Waals surface area contributed by atoms with Crippen LogP contribution < -0.4 is 10.1 Å². The number of hydrogen-bond donors (Lipinski definition) is 1. The van der Waals surface area contributed by atoms with Crippen molar-refractivity contribution < 1.29 is 9.53 Å². The maximum atomic E-state index is 12.7. The van der Waals surface area contributed by atoms with Gasteiger partial charge in [-0.2, -0.15) is 0 Å². The smallest absolute Gasteiger partial charge is 0.261 e. The Morgan fingerprint density at radius 3 is 2.26 bits per heavy atom. The van der Waals surface area contributed by atoms with Gasteiger partial charge in [0, 0.05) is 0 Å². The lowest BCUT2D eigenvalue weighted by atomic mass is 9.86. The molecule has 0 aliphatic carbocycles. The summed E-state index contributed by atoms with van der Waals surface area (Å²) < 4.78 is 6.03. The molecule has 0 aliphatic rings. The summed E-state index contributed by atoms with van der Waals surface area (Å²) in [6.07, 6.45) is 0.122. The van der Waals surface area contributed by atoms with Gasteiger partial charge in [0.2, 0.25) is 0 Å². The van der Waals surface area contributed by atoms with Crippen LogP contribution in [0.25, 0.3) is 0 Å². The molecule has 2 aromatic carbocycles. The van der Waals surface area contributed by atoms with E-state index in [-0.39, 0.29) is 17.4 Å². The van der Waals surface area contributed by atoms with Crippen molar-refractivity contribution in [3.05, 3.63) is 64.7 Å². The Morgan fingerprint density at radius 2 is 1.70 bits per heavy atom. The molecular weight excluding hydrogens is 334 g/mol. The van der Waals surface area contributed by atoms with Gasteiger partial charge in [0.15, 0.2) is 6.10 Å². The molecule has 0 radical (unpaired) electrons. The number of rotatable bonds is 6. The molecule has 0 fully saturated rings. The molecule has 2 aromatic rings. The molecule has 0 saturated carbocycles. The van der Waals surface area contributed by atoms with E-state index in [1.165, 1.54) is 5.56 Å². The molecule has 1 N–H and O–H groups in total. The van der Waals surface area contributed by atoms with Gasteiger partial charge >= 0.3 is 0 Å². The summed E-state index contributed by atoms with van der Waals surface area (Å²) in [5, 5.41) is 3.10. The lowest BCUT2D eigenvalue weighted by molar-refractivity contribution is -0.128. The van der Waals surface area contributed by atoms with Gasteiger partial charge in [-0.1, -0.05) is 64.1 Å². The number of amides is 1. The second-order valence-electron chi connectivity index (χ2n) is 8.32. The highest BCUT2D eigenvalue weighted by molar-refractivity contribution is 5.81. The molecule has 0 heterocycles. The van der Waals surface area contributed by atoms with E-state index in [4.69, 9.17) is 4.74 Å². The summed E-state index contributed by atoms with van der Waals surface area (Å²) in [5.74, 6) is 0.699. The van der Waals surface area contributed by atoms with Gasteiger partial charge < -0.3 is 10.1 Å². The summed E-state index contributed by atoms with van der Waals surface area (Å²) in [5.41, 5.74) is 4.75. The van der Waals surface area contributed by atoms with Gasteiger partial charge in [0.25, 0.3) is 5.91 Å². The number of ether oxygens (including phenoxy) is 1. The van der Waals surface area contributed by atoms with Crippen LogP contribution in [0.1, 0.15) is 69.3 Å². The Hall–Kier alpha value is -2.29. The van der Waals surface area contributed by atoms with Crippen molar-refractivity contribution in [3.63, 3.8) is 0 Å². The average Bonchev–Trinajstić information content (AvgIpc) is 2.62. The summed E-state index contributed by atoms with van der Waals surface area (Å²) in [6.45, 7) is 14.6. The molecule has 27 heavy (non-hydrogen) atoms. The first-order valence-electron chi connectivity index (χ1n) is 9.77. The van der Waals surface area contributed by atoms with Gasteiger partial charge in [0.1, 0.15) is 5.75 Å². The van der Waals surface area contributed by atoms with Crippen molar-refractivity contribution in [1.82, 2.24) is 5.32 Å². The first-order valence-corrected chi connectivity index (χ1v) is 9.77. The van der Waals surface area contributed by atoms with Gasteiger partial charge in [-0.3, -0.25) is 4.79 Å². The molecule has 2 rings (SSSR count). The summed E-state index contributed by atoms with van der Waals surface area (Å²) >= 11 is 0. The van der Waals surface area contributed by atoms with Crippen molar-refractivity contribution in [1.29, 1.82) is 0 Å². The number of hydrogen-bond acceptors (Lipinski definition) is 2. The van der Waals surface area contributed by atoms with Crippen LogP contribution in [0.3, 0.4) is 0 Å². The zero-order valence-corrected chi connectivity index (χ0v) is 17.7. The molecule has 0 bridgehead atoms. The SMILES string of the molecule is CC[C@H](Oc1cccc(C)c1C)C(=O)N[C@@H](C)c1ccc(C(C)(C)C)cc1. The highest BCUT2D eigenvalue weighted by Crippen LogP contribution is 2.25. The first-order chi connectivity index (χ1) is 12.6. The second-order valence-corrected chi connectivity index (χ2v) is 8.32. The Labute approximate surface area is 164 Å². The normalized spacial score (nSPS) is 13.7. The number of benzene rings is 2. The third kappa shape index (κ3) is 5.35. The predicted octanol–water partition coefficient (Wildman–Crippen LogP) is 5.64. The number of aryl methyl sites for hydroxylation is 1. The van der Waals surface area contributed by atoms with Crippen molar-refractivity contribution in [2.45, 2.75) is 72.4 Å². The fourth-order valence-corrected chi connectivity index (χ4v) is 2.99. The summed E-state index contributed by atoms with van der Waals surface area (Å²) in [7, 11) is 0. The van der Waals surface area contributed by atoms with Crippen LogP contribution in [0.2, 0.25) is 0 Å². The van der Waals surface area contributed by atoms with Crippen LogP contribution in [-0.2, 0) is 10.2 Å². The van der Waals surface area contributed by atoms with Crippen LogP contribution in [0.5, 0.6) is 5.75 Å². The van der Waals surface area contributed by atoms with Crippen molar-refractivity contribution in [3.8, 4) is 5.75 Å². The standard InChI is InChI=1S/C24H33NO2/c1-8-21(27-22-11-9-10-16(2)17(22)3)23(26)25-18(4)19-12-14-20(15-13-19)24(5,6)7/h9-15,18,21H,8H2,1-7H3,(H,25,26)/t18-,21-/m0/s1. The molecule has 0 unspecified atom stereocenters. The van der Waals surface area contributed by atoms with Crippen LogP contribution in [0.4, 0.5) is 0 Å². The Kier molecular flexibility index (Phi) is 6.69. The van der Waals surface area contributed by atoms with E-state index in [9.17, 15) is 4.79 Å². The van der Waals surface area contributed by atoms with Crippen molar-refractivity contribution >= 4 is 5.91 Å². The zero-order valence-electron chi connectivity index (χ0n) is 17.7. The maximum absolute atomic E-state index is 12.7. The zero-order chi connectivity index (χ0) is 20.2. The lowest BCUT2D eigenvalue weighted by Gasteiger charge is -2.23. The second kappa shape index (κ2) is 8.60. The molecule has 0 spiro atoms. The van der Waals surface area contributed by atoms with Gasteiger partial charge in [-0.15, -0.1) is 0 Å². The van der Waals surface area contributed by atoms with Gasteiger partial charge in [0.05, 0.1) is 6.04 Å². The van der Waals surface area contributed by atoms with Gasteiger partial charge in [-0.05, 0) is 60.9 Å². The maximum Gasteiger partial charge on any atom is 0.261 e. The third-order valence-electron chi connectivity index (χ3n) is 5.12. The molecule has 0 saturated heterocycles. The predicted molar refractivity (Wildman–Crippen MR) is 112 cm³/mol. The average molecular weight is 368 g/mol. The minimum absolute atomic E-state index is 0.0669. The van der Waals surface area contributed by atoms with E-state index in [2.05, 4.69) is 50.4 Å². The summed E-state index contributed by atoms with van der Waals surface area (Å²) in [4.78, 5) is 12.7. The van der Waals surface area contributed by atoms with E-state index in [0.29, 0.717) is 6.42 Å². The molecule has 3 nitrogen and oxygen atoms in total. The van der Waals surface area contributed by atoms with E-state index < -0.39 is 6.10 Å². The molecule has 2 atom stereocenters. The Balaban J connectivity index is 2.06. The largest absolute Gasteiger partial charge is 0.480 e. The number of carbonyl (C=O) groups excluding carboxylic acids is 1. The first kappa shape index (κ1) is 21.0. The molecule has 3 heteroatoms. The van der Waals surface area contributed by atoms with Crippen LogP contribution in [0, 0.1) is 13.8 Å². The molecule has 0 aromatic heterocycles. The van der Waals surface area contributed by atoms with Crippen LogP contribution in [-0.4, -0.2) is 12.0 Å². The Morgan fingerprint density at radius 1 is 1.07 bits per heavy atom. The van der Waals surface area contributed by atoms with E-state index in [1.54, 1.807) is 0 Å². The van der Waals surface area contributed by atoms with Crippen LogP contribution >= 0.6 is 0 Å². The topological polar surface area (TPSA) is 38.3 Å². The van der Waals surface area contributed by atoms with E-state index in [0.717, 1.165) is 22.4 Å². The molecule has 1 amide bonds. The van der Waals surface area contributed by atoms with Crippen molar-refractivity contribution in [2.24, 2.45) is 0 Å². The highest BCUT2D eigenvalue weighted by Gasteiger charge is 2.22. The minimum atomic E-state index is -0.498. The summed E-state index contributed by atoms with van der Waals surface area (Å²) in [6, 6.07) is 14.3.